The average molecular weight is 387 g/mol. The summed E-state index contributed by atoms with van der Waals surface area (Å²) in [5, 5.41) is 5.70. The maximum atomic E-state index is 12.3. The van der Waals surface area contributed by atoms with E-state index in [9.17, 15) is 4.79 Å². The number of nitrogens with two attached hydrogens (primary N) is 1. The van der Waals surface area contributed by atoms with Crippen molar-refractivity contribution in [2.24, 2.45) is 0 Å². The highest BCUT2D eigenvalue weighted by Gasteiger charge is 2.10. The van der Waals surface area contributed by atoms with Gasteiger partial charge < -0.3 is 16.4 Å². The van der Waals surface area contributed by atoms with Crippen LogP contribution < -0.4 is 16.4 Å². The zero-order valence-electron chi connectivity index (χ0n) is 16.1. The second-order valence-electron chi connectivity index (χ2n) is 6.95. The Labute approximate surface area is 167 Å². The second kappa shape index (κ2) is 7.59. The van der Waals surface area contributed by atoms with Crippen molar-refractivity contribution in [3.63, 3.8) is 0 Å². The molecule has 2 aromatic heterocycles. The Kier molecular flexibility index (Phi) is 4.82. The van der Waals surface area contributed by atoms with Crippen LogP contribution in [0.1, 0.15) is 25.3 Å². The van der Waals surface area contributed by atoms with Crippen molar-refractivity contribution in [2.75, 3.05) is 16.4 Å². The summed E-state index contributed by atoms with van der Waals surface area (Å²) in [6, 6.07) is 14.9. The molecule has 0 unspecified atom stereocenters. The summed E-state index contributed by atoms with van der Waals surface area (Å²) in [7, 11) is 0. The van der Waals surface area contributed by atoms with Gasteiger partial charge in [-0.2, -0.15) is 0 Å². The Morgan fingerprint density at radius 1 is 1.00 bits per heavy atom. The zero-order valence-corrected chi connectivity index (χ0v) is 16.1. The third-order valence-corrected chi connectivity index (χ3v) is 4.58. The molecule has 0 saturated heterocycles. The molecule has 2 amide bonds. The fourth-order valence-corrected chi connectivity index (χ4v) is 3.02. The normalized spacial score (nSPS) is 11.0. The van der Waals surface area contributed by atoms with Gasteiger partial charge in [0.15, 0.2) is 17.0 Å². The van der Waals surface area contributed by atoms with Crippen LogP contribution in [-0.4, -0.2) is 25.6 Å². The van der Waals surface area contributed by atoms with Gasteiger partial charge in [0.2, 0.25) is 0 Å². The number of nitrogens with one attached hydrogen (secondary N) is 2. The molecule has 29 heavy (non-hydrogen) atoms. The van der Waals surface area contributed by atoms with E-state index in [2.05, 4.69) is 39.4 Å². The van der Waals surface area contributed by atoms with Crippen LogP contribution in [0.4, 0.5) is 22.0 Å². The number of rotatable bonds is 4. The van der Waals surface area contributed by atoms with Crippen LogP contribution in [0.25, 0.3) is 16.9 Å². The number of carbonyl (C=O) groups excluding carboxylic acids is 1. The third-order valence-electron chi connectivity index (χ3n) is 4.58. The first-order valence-corrected chi connectivity index (χ1v) is 9.23. The highest BCUT2D eigenvalue weighted by atomic mass is 16.2. The van der Waals surface area contributed by atoms with Crippen molar-refractivity contribution in [2.45, 2.75) is 19.8 Å². The lowest BCUT2D eigenvalue weighted by molar-refractivity contribution is 0.262. The Morgan fingerprint density at radius 2 is 1.76 bits per heavy atom. The predicted octanol–water partition coefficient (Wildman–Crippen LogP) is 4.17. The summed E-state index contributed by atoms with van der Waals surface area (Å²) in [5.41, 5.74) is 10.5. The molecule has 0 fully saturated rings. The quantitative estimate of drug-likeness (QED) is 0.487. The number of urea groups is 1. The molecule has 0 aliphatic carbocycles. The summed E-state index contributed by atoms with van der Waals surface area (Å²) < 4.78 is 1.81. The van der Waals surface area contributed by atoms with Crippen LogP contribution in [-0.2, 0) is 0 Å². The van der Waals surface area contributed by atoms with E-state index >= 15 is 0 Å². The minimum atomic E-state index is -0.299. The molecule has 0 aliphatic rings. The molecule has 0 aliphatic heterocycles. The number of fused-ring (bicyclic) bond motifs is 1. The molecule has 2 aromatic carbocycles. The highest BCUT2D eigenvalue weighted by molar-refractivity contribution is 5.99. The topological polar surface area (TPSA) is 111 Å². The number of carbonyl (C=O) groups is 1. The minimum Gasteiger partial charge on any atom is -0.382 e. The molecule has 0 radical (unpaired) electrons. The molecule has 8 heteroatoms. The van der Waals surface area contributed by atoms with E-state index in [4.69, 9.17) is 5.73 Å². The molecule has 0 saturated carbocycles. The molecule has 4 rings (SSSR count). The van der Waals surface area contributed by atoms with E-state index in [0.717, 1.165) is 11.4 Å². The lowest BCUT2D eigenvalue weighted by Crippen LogP contribution is -2.19. The van der Waals surface area contributed by atoms with E-state index in [1.165, 1.54) is 11.9 Å². The molecule has 146 valence electrons. The number of hydrogen-bond donors (Lipinski definition) is 3. The first-order valence-electron chi connectivity index (χ1n) is 9.23. The SMILES string of the molecule is CC(C)c1cccc(NC(=O)Nc2ccc(-n3cnc4c(N)ncnc43)cc2)c1. The number of benzene rings is 2. The molecule has 0 atom stereocenters. The maximum Gasteiger partial charge on any atom is 0.323 e. The van der Waals surface area contributed by atoms with Crippen molar-refractivity contribution < 1.29 is 4.79 Å². The van der Waals surface area contributed by atoms with E-state index in [1.54, 1.807) is 6.33 Å². The number of hydrogen-bond acceptors (Lipinski definition) is 5. The van der Waals surface area contributed by atoms with Crippen LogP contribution in [0, 0.1) is 0 Å². The fraction of sp³-hybridized carbons (Fsp3) is 0.143. The fourth-order valence-electron chi connectivity index (χ4n) is 3.02. The first-order chi connectivity index (χ1) is 14.0. The molecule has 4 N–H and O–H groups in total. The van der Waals surface area contributed by atoms with Crippen molar-refractivity contribution in [3.05, 3.63) is 66.7 Å². The van der Waals surface area contributed by atoms with Gasteiger partial charge in [0.25, 0.3) is 0 Å². The number of anilines is 3. The van der Waals surface area contributed by atoms with Gasteiger partial charge >= 0.3 is 6.03 Å². The number of nitrogen functional groups attached to an aromatic ring is 1. The van der Waals surface area contributed by atoms with Gasteiger partial charge in [0.1, 0.15) is 12.7 Å². The average Bonchev–Trinajstić information content (AvgIpc) is 3.14. The Hall–Kier alpha value is -3.94. The van der Waals surface area contributed by atoms with Crippen molar-refractivity contribution >= 4 is 34.4 Å². The van der Waals surface area contributed by atoms with Gasteiger partial charge in [-0.15, -0.1) is 0 Å². The monoisotopic (exact) mass is 387 g/mol. The number of amides is 2. The zero-order chi connectivity index (χ0) is 20.4. The van der Waals surface area contributed by atoms with Crippen LogP contribution in [0.5, 0.6) is 0 Å². The van der Waals surface area contributed by atoms with Crippen molar-refractivity contribution in [1.82, 2.24) is 19.5 Å². The summed E-state index contributed by atoms with van der Waals surface area (Å²) in [6.07, 6.45) is 3.05. The van der Waals surface area contributed by atoms with E-state index < -0.39 is 0 Å². The Balaban J connectivity index is 1.47. The predicted molar refractivity (Wildman–Crippen MR) is 114 cm³/mol. The third kappa shape index (κ3) is 3.86. The number of imidazole rings is 1. The lowest BCUT2D eigenvalue weighted by Gasteiger charge is -2.11. The molecule has 0 bridgehead atoms. The van der Waals surface area contributed by atoms with E-state index in [1.807, 2.05) is 53.1 Å². The smallest absolute Gasteiger partial charge is 0.323 e. The highest BCUT2D eigenvalue weighted by Crippen LogP contribution is 2.21. The minimum absolute atomic E-state index is 0.299. The summed E-state index contributed by atoms with van der Waals surface area (Å²) >= 11 is 0. The van der Waals surface area contributed by atoms with Crippen LogP contribution in [0.2, 0.25) is 0 Å². The molecular weight excluding hydrogens is 366 g/mol. The van der Waals surface area contributed by atoms with Crippen molar-refractivity contribution in [3.8, 4) is 5.69 Å². The van der Waals surface area contributed by atoms with E-state index in [-0.39, 0.29) is 6.03 Å². The van der Waals surface area contributed by atoms with Crippen LogP contribution in [0.3, 0.4) is 0 Å². The molecule has 4 aromatic rings. The van der Waals surface area contributed by atoms with Crippen LogP contribution in [0.15, 0.2) is 61.2 Å². The molecule has 0 spiro atoms. The molecule has 8 nitrogen and oxygen atoms in total. The Morgan fingerprint density at radius 3 is 2.52 bits per heavy atom. The van der Waals surface area contributed by atoms with Gasteiger partial charge in [-0.3, -0.25) is 4.57 Å². The number of aromatic nitrogens is 4. The van der Waals surface area contributed by atoms with Gasteiger partial charge in [-0.25, -0.2) is 19.7 Å². The summed E-state index contributed by atoms with van der Waals surface area (Å²) in [4.78, 5) is 24.8. The van der Waals surface area contributed by atoms with Crippen LogP contribution >= 0.6 is 0 Å². The van der Waals surface area contributed by atoms with E-state index in [0.29, 0.717) is 28.6 Å². The number of nitrogens with zero attached hydrogens (tertiary/aromatic N) is 4. The van der Waals surface area contributed by atoms with Gasteiger partial charge in [-0.1, -0.05) is 26.0 Å². The van der Waals surface area contributed by atoms with Gasteiger partial charge in [-0.05, 0) is 47.9 Å². The maximum absolute atomic E-state index is 12.3. The molecule has 2 heterocycles. The largest absolute Gasteiger partial charge is 0.382 e. The summed E-state index contributed by atoms with van der Waals surface area (Å²) in [6.45, 7) is 4.23. The molecular formula is C21H21N7O. The standard InChI is InChI=1S/C21H21N7O/c1-13(2)14-4-3-5-16(10-14)27-21(29)26-15-6-8-17(9-7-15)28-12-25-18-19(22)23-11-24-20(18)28/h3-13H,1-2H3,(H2,22,23,24)(H2,26,27,29). The van der Waals surface area contributed by atoms with Crippen molar-refractivity contribution in [1.29, 1.82) is 0 Å². The Bertz CT molecular complexity index is 1170. The van der Waals surface area contributed by atoms with Gasteiger partial charge in [0, 0.05) is 17.1 Å². The second-order valence-corrected chi connectivity index (χ2v) is 6.95. The summed E-state index contributed by atoms with van der Waals surface area (Å²) in [5.74, 6) is 0.734. The lowest BCUT2D eigenvalue weighted by atomic mass is 10.0. The first kappa shape index (κ1) is 18.4. The van der Waals surface area contributed by atoms with Gasteiger partial charge in [0.05, 0.1) is 0 Å².